The van der Waals surface area contributed by atoms with Gasteiger partial charge in [0, 0.05) is 0 Å². The second-order valence-electron chi connectivity index (χ2n) is 3.50. The van der Waals surface area contributed by atoms with Crippen LogP contribution in [0.1, 0.15) is 26.2 Å². The normalized spacial score (nSPS) is 36.1. The second kappa shape index (κ2) is 2.10. The summed E-state index contributed by atoms with van der Waals surface area (Å²) in [6, 6.07) is 0. The summed E-state index contributed by atoms with van der Waals surface area (Å²) < 4.78 is 5.28. The molecule has 1 fully saturated rings. The highest BCUT2D eigenvalue weighted by Gasteiger charge is 2.44. The van der Waals surface area contributed by atoms with Crippen LogP contribution >= 0.6 is 0 Å². The summed E-state index contributed by atoms with van der Waals surface area (Å²) in [5.74, 6) is 1.18. The molecular weight excluding hydrogens is 140 g/mol. The number of fused-ring (bicyclic) bond motifs is 1. The van der Waals surface area contributed by atoms with E-state index >= 15 is 0 Å². The van der Waals surface area contributed by atoms with E-state index in [1.165, 1.54) is 0 Å². The van der Waals surface area contributed by atoms with Crippen LogP contribution in [0.15, 0.2) is 11.8 Å². The maximum atomic E-state index is 11.4. The monoisotopic (exact) mass is 152 g/mol. The highest BCUT2D eigenvalue weighted by atomic mass is 16.5. The Labute approximate surface area is 66.2 Å². The van der Waals surface area contributed by atoms with Crippen LogP contribution in [-0.4, -0.2) is 12.4 Å². The minimum absolute atomic E-state index is 0.252. The lowest BCUT2D eigenvalue weighted by molar-refractivity contribution is -0.124. The molecule has 2 aliphatic rings. The molecule has 0 aromatic carbocycles. The van der Waals surface area contributed by atoms with Crippen LogP contribution in [0.25, 0.3) is 0 Å². The number of hydrogen-bond donors (Lipinski definition) is 0. The van der Waals surface area contributed by atoms with E-state index in [1.54, 1.807) is 0 Å². The van der Waals surface area contributed by atoms with Gasteiger partial charge in [-0.3, -0.25) is 4.79 Å². The number of carbonyl (C=O) groups excluding carboxylic acids is 1. The first kappa shape index (κ1) is 6.89. The van der Waals surface area contributed by atoms with E-state index in [2.05, 4.69) is 6.08 Å². The summed E-state index contributed by atoms with van der Waals surface area (Å²) in [6.07, 6.45) is 5.22. The van der Waals surface area contributed by atoms with Crippen molar-refractivity contribution in [1.82, 2.24) is 0 Å². The van der Waals surface area contributed by atoms with Gasteiger partial charge in [-0.15, -0.1) is 0 Å². The molecule has 1 unspecified atom stereocenters. The van der Waals surface area contributed by atoms with Gasteiger partial charge in [0.1, 0.15) is 12.4 Å². The molecule has 11 heavy (non-hydrogen) atoms. The zero-order valence-corrected chi connectivity index (χ0v) is 6.72. The lowest BCUT2D eigenvalue weighted by Crippen LogP contribution is -2.26. The number of Topliss-reactive ketones (excluding diaryl/α,β-unsaturated/α-hetero) is 1. The smallest absolute Gasteiger partial charge is 0.183 e. The fourth-order valence-corrected chi connectivity index (χ4v) is 1.83. The van der Waals surface area contributed by atoms with E-state index in [9.17, 15) is 4.79 Å². The van der Waals surface area contributed by atoms with Crippen molar-refractivity contribution in [3.63, 3.8) is 0 Å². The molecule has 1 heterocycles. The van der Waals surface area contributed by atoms with Crippen LogP contribution in [0.3, 0.4) is 0 Å². The molecule has 60 valence electrons. The molecule has 1 saturated heterocycles. The maximum absolute atomic E-state index is 11.4. The Morgan fingerprint density at radius 3 is 3.18 bits per heavy atom. The van der Waals surface area contributed by atoms with Gasteiger partial charge in [-0.1, -0.05) is 0 Å². The minimum atomic E-state index is -0.252. The molecule has 1 aliphatic heterocycles. The van der Waals surface area contributed by atoms with Crippen molar-refractivity contribution in [1.29, 1.82) is 0 Å². The van der Waals surface area contributed by atoms with Crippen LogP contribution in [0, 0.1) is 5.41 Å². The molecule has 2 heteroatoms. The topological polar surface area (TPSA) is 26.3 Å². The summed E-state index contributed by atoms with van der Waals surface area (Å²) in [6.45, 7) is 2.29. The first-order chi connectivity index (χ1) is 5.23. The van der Waals surface area contributed by atoms with Crippen molar-refractivity contribution in [3.05, 3.63) is 11.8 Å². The summed E-state index contributed by atoms with van der Waals surface area (Å²) in [5, 5.41) is 0. The Balaban J connectivity index is 2.39. The van der Waals surface area contributed by atoms with Crippen molar-refractivity contribution in [2.24, 2.45) is 5.41 Å². The molecule has 2 nitrogen and oxygen atoms in total. The second-order valence-corrected chi connectivity index (χ2v) is 3.50. The van der Waals surface area contributed by atoms with Gasteiger partial charge in [0.15, 0.2) is 5.78 Å². The fourth-order valence-electron chi connectivity index (χ4n) is 1.83. The third-order valence-electron chi connectivity index (χ3n) is 2.73. The van der Waals surface area contributed by atoms with Gasteiger partial charge < -0.3 is 4.74 Å². The van der Waals surface area contributed by atoms with Gasteiger partial charge in [-0.2, -0.15) is 0 Å². The third kappa shape index (κ3) is 0.817. The van der Waals surface area contributed by atoms with Crippen molar-refractivity contribution in [2.45, 2.75) is 26.2 Å². The fraction of sp³-hybridized carbons (Fsp3) is 0.667. The molecule has 1 atom stereocenters. The van der Waals surface area contributed by atoms with E-state index in [1.807, 2.05) is 6.92 Å². The van der Waals surface area contributed by atoms with Gasteiger partial charge in [0.2, 0.25) is 0 Å². The lowest BCUT2D eigenvalue weighted by atomic mass is 9.77. The zero-order valence-electron chi connectivity index (χ0n) is 6.72. The largest absolute Gasteiger partial charge is 0.489 e. The zero-order chi connectivity index (χ0) is 7.90. The Kier molecular flexibility index (Phi) is 1.31. The van der Waals surface area contributed by atoms with Crippen LogP contribution in [0.2, 0.25) is 0 Å². The number of ketones is 1. The first-order valence-corrected chi connectivity index (χ1v) is 4.10. The summed E-state index contributed by atoms with van der Waals surface area (Å²) in [7, 11) is 0. The van der Waals surface area contributed by atoms with E-state index in [0.717, 1.165) is 25.0 Å². The molecule has 0 bridgehead atoms. The van der Waals surface area contributed by atoms with E-state index in [-0.39, 0.29) is 11.2 Å². The number of rotatable bonds is 0. The molecule has 0 aromatic heterocycles. The highest BCUT2D eigenvalue weighted by Crippen LogP contribution is 2.42. The molecule has 0 amide bonds. The van der Waals surface area contributed by atoms with Crippen LogP contribution in [0.4, 0.5) is 0 Å². The van der Waals surface area contributed by atoms with Crippen molar-refractivity contribution in [3.8, 4) is 0 Å². The SMILES string of the molecule is CC12CCCC=C1OCC2=O. The maximum Gasteiger partial charge on any atom is 0.183 e. The summed E-state index contributed by atoms with van der Waals surface area (Å²) in [4.78, 5) is 11.4. The third-order valence-corrected chi connectivity index (χ3v) is 2.73. The lowest BCUT2D eigenvalue weighted by Gasteiger charge is -2.24. The van der Waals surface area contributed by atoms with E-state index in [4.69, 9.17) is 4.74 Å². The number of carbonyl (C=O) groups is 1. The summed E-state index contributed by atoms with van der Waals surface area (Å²) >= 11 is 0. The standard InChI is InChI=1S/C9H12O2/c1-9-5-3-2-4-8(9)11-6-7(9)10/h4H,2-3,5-6H2,1H3. The molecule has 0 radical (unpaired) electrons. The molecular formula is C9H12O2. The molecule has 1 aliphatic carbocycles. The minimum Gasteiger partial charge on any atom is -0.489 e. The van der Waals surface area contributed by atoms with Crippen LogP contribution < -0.4 is 0 Å². The summed E-state index contributed by atoms with van der Waals surface area (Å²) in [5.41, 5.74) is -0.252. The van der Waals surface area contributed by atoms with Gasteiger partial charge >= 0.3 is 0 Å². The Morgan fingerprint density at radius 1 is 1.64 bits per heavy atom. The van der Waals surface area contributed by atoms with Gasteiger partial charge in [-0.25, -0.2) is 0 Å². The predicted octanol–water partition coefficient (Wildman–Crippen LogP) is 1.66. The van der Waals surface area contributed by atoms with Crippen molar-refractivity contribution < 1.29 is 9.53 Å². The van der Waals surface area contributed by atoms with Crippen molar-refractivity contribution >= 4 is 5.78 Å². The van der Waals surface area contributed by atoms with E-state index < -0.39 is 0 Å². The number of ether oxygens (including phenoxy) is 1. The van der Waals surface area contributed by atoms with Gasteiger partial charge in [0.05, 0.1) is 5.41 Å². The van der Waals surface area contributed by atoms with Crippen molar-refractivity contribution in [2.75, 3.05) is 6.61 Å². The molecule has 2 rings (SSSR count). The average molecular weight is 152 g/mol. The molecule has 0 saturated carbocycles. The Bertz CT molecular complexity index is 230. The highest BCUT2D eigenvalue weighted by molar-refractivity contribution is 5.90. The average Bonchev–Trinajstić information content (AvgIpc) is 2.29. The Hall–Kier alpha value is -0.790. The van der Waals surface area contributed by atoms with E-state index in [0.29, 0.717) is 6.61 Å². The van der Waals surface area contributed by atoms with Crippen LogP contribution in [-0.2, 0) is 9.53 Å². The first-order valence-electron chi connectivity index (χ1n) is 4.10. The predicted molar refractivity (Wildman–Crippen MR) is 41.0 cm³/mol. The quantitative estimate of drug-likeness (QED) is 0.527. The molecule has 0 N–H and O–H groups in total. The van der Waals surface area contributed by atoms with Gasteiger partial charge in [-0.05, 0) is 32.3 Å². The number of hydrogen-bond acceptors (Lipinski definition) is 2. The molecule has 0 aromatic rings. The Morgan fingerprint density at radius 2 is 2.45 bits per heavy atom. The van der Waals surface area contributed by atoms with Crippen LogP contribution in [0.5, 0.6) is 0 Å². The number of allylic oxidation sites excluding steroid dienone is 2. The molecule has 0 spiro atoms. The van der Waals surface area contributed by atoms with Gasteiger partial charge in [0.25, 0.3) is 0 Å².